The molecule has 0 unspecified atom stereocenters. The molecule has 0 amide bonds. The SMILES string of the molecule is C[C@H]1[C@H](C)CC[C@]2(C)CC[C@]3(C)C(=CC[C@@H]4[C@@]5(C)CC[C@H](OC(=O)/C=C\c6ccc(O)cc6)C(C)(C)[C@@H]5CC[C@]43C)[C@H]12. The highest BCUT2D eigenvalue weighted by Crippen LogP contribution is 2.75. The number of hydrogen-bond acceptors (Lipinski definition) is 3. The molecule has 1 N–H and O–H groups in total. The predicted molar refractivity (Wildman–Crippen MR) is 172 cm³/mol. The molecule has 4 saturated carbocycles. The standard InChI is InChI=1S/C39H56O3/c1-25-17-20-36(5)23-24-38(7)29(34(36)26(25)2)14-15-31-37(6)21-19-32(35(3,4)30(37)18-22-39(31,38)8)42-33(41)16-11-27-9-12-28(40)13-10-27/h9-14,16,25-26,30-32,34,40H,15,17-24H2,1-8H3/b16-11-/t25-,26+,30+,31-,32+,34+,36-,37+,38-,39-/m1/s1. The number of carbonyl (C=O) groups is 1. The number of fused-ring (bicyclic) bond motifs is 7. The summed E-state index contributed by atoms with van der Waals surface area (Å²) < 4.78 is 6.22. The maximum absolute atomic E-state index is 13.0. The zero-order valence-corrected chi connectivity index (χ0v) is 27.6. The molecule has 0 spiro atoms. The smallest absolute Gasteiger partial charge is 0.331 e. The van der Waals surface area contributed by atoms with Crippen LogP contribution in [0.2, 0.25) is 0 Å². The summed E-state index contributed by atoms with van der Waals surface area (Å²) in [4.78, 5) is 13.0. The summed E-state index contributed by atoms with van der Waals surface area (Å²) in [6.45, 7) is 20.4. The van der Waals surface area contributed by atoms with Gasteiger partial charge in [-0.2, -0.15) is 0 Å². The molecule has 42 heavy (non-hydrogen) atoms. The van der Waals surface area contributed by atoms with E-state index in [9.17, 15) is 9.90 Å². The van der Waals surface area contributed by atoms with E-state index >= 15 is 0 Å². The van der Waals surface area contributed by atoms with Gasteiger partial charge in [-0.25, -0.2) is 4.79 Å². The quantitative estimate of drug-likeness (QED) is 0.223. The van der Waals surface area contributed by atoms with E-state index in [4.69, 9.17) is 4.74 Å². The number of phenolic OH excluding ortho intramolecular Hbond substituents is 1. The Bertz CT molecular complexity index is 1270. The van der Waals surface area contributed by atoms with Gasteiger partial charge in [0.25, 0.3) is 0 Å². The first-order valence-corrected chi connectivity index (χ1v) is 17.0. The molecule has 0 bridgehead atoms. The van der Waals surface area contributed by atoms with Crippen molar-refractivity contribution in [2.24, 2.45) is 56.7 Å². The molecule has 0 aromatic heterocycles. The topological polar surface area (TPSA) is 46.5 Å². The van der Waals surface area contributed by atoms with Crippen molar-refractivity contribution in [3.05, 3.63) is 47.6 Å². The number of carbonyl (C=O) groups excluding carboxylic acids is 1. The van der Waals surface area contributed by atoms with Crippen LogP contribution < -0.4 is 0 Å². The molecule has 1 aromatic rings. The summed E-state index contributed by atoms with van der Waals surface area (Å²) in [6, 6.07) is 6.89. The maximum atomic E-state index is 13.0. The molecular weight excluding hydrogens is 516 g/mol. The van der Waals surface area contributed by atoms with Gasteiger partial charge in [-0.3, -0.25) is 0 Å². The van der Waals surface area contributed by atoms with Crippen LogP contribution in [-0.4, -0.2) is 17.2 Å². The van der Waals surface area contributed by atoms with Gasteiger partial charge >= 0.3 is 5.97 Å². The van der Waals surface area contributed by atoms with Crippen molar-refractivity contribution >= 4 is 12.0 Å². The highest BCUT2D eigenvalue weighted by atomic mass is 16.5. The molecule has 230 valence electrons. The largest absolute Gasteiger partial charge is 0.508 e. The van der Waals surface area contributed by atoms with Crippen LogP contribution in [0.25, 0.3) is 6.08 Å². The van der Waals surface area contributed by atoms with E-state index < -0.39 is 0 Å². The van der Waals surface area contributed by atoms with E-state index in [-0.39, 0.29) is 34.1 Å². The van der Waals surface area contributed by atoms with Crippen LogP contribution in [0.3, 0.4) is 0 Å². The minimum absolute atomic E-state index is 0.0675. The van der Waals surface area contributed by atoms with Crippen molar-refractivity contribution in [2.45, 2.75) is 119 Å². The molecule has 1 aromatic carbocycles. The van der Waals surface area contributed by atoms with Gasteiger partial charge in [0.2, 0.25) is 0 Å². The minimum Gasteiger partial charge on any atom is -0.508 e. The van der Waals surface area contributed by atoms with Crippen molar-refractivity contribution < 1.29 is 14.6 Å². The Morgan fingerprint density at radius 3 is 2.31 bits per heavy atom. The van der Waals surface area contributed by atoms with Gasteiger partial charge in [-0.1, -0.05) is 79.2 Å². The van der Waals surface area contributed by atoms with E-state index in [1.54, 1.807) is 36.4 Å². The van der Waals surface area contributed by atoms with Crippen molar-refractivity contribution in [3.8, 4) is 5.75 Å². The van der Waals surface area contributed by atoms with E-state index in [0.29, 0.717) is 22.7 Å². The van der Waals surface area contributed by atoms with Crippen molar-refractivity contribution in [3.63, 3.8) is 0 Å². The monoisotopic (exact) mass is 572 g/mol. The normalized spacial score (nSPS) is 46.0. The summed E-state index contributed by atoms with van der Waals surface area (Å²) in [5.74, 6) is 3.51. The molecule has 5 aliphatic carbocycles. The third-order valence-electron chi connectivity index (χ3n) is 14.9. The van der Waals surface area contributed by atoms with E-state index in [2.05, 4.69) is 61.5 Å². The van der Waals surface area contributed by atoms with E-state index in [1.807, 2.05) is 5.57 Å². The lowest BCUT2D eigenvalue weighted by atomic mass is 9.33. The number of ether oxygens (including phenoxy) is 1. The number of hydrogen-bond donors (Lipinski definition) is 1. The lowest BCUT2D eigenvalue weighted by Gasteiger charge is -2.71. The highest BCUT2D eigenvalue weighted by molar-refractivity contribution is 5.87. The second-order valence-electron chi connectivity index (χ2n) is 17.0. The fraction of sp³-hybridized carbons (Fsp3) is 0.718. The number of phenols is 1. The third kappa shape index (κ3) is 4.29. The molecule has 6 rings (SSSR count). The molecule has 0 heterocycles. The van der Waals surface area contributed by atoms with Gasteiger partial charge in [-0.15, -0.1) is 0 Å². The lowest BCUT2D eigenvalue weighted by Crippen LogP contribution is -2.65. The van der Waals surface area contributed by atoms with Crippen molar-refractivity contribution in [1.29, 1.82) is 0 Å². The van der Waals surface area contributed by atoms with Crippen LogP contribution in [0, 0.1) is 56.7 Å². The van der Waals surface area contributed by atoms with Crippen molar-refractivity contribution in [1.82, 2.24) is 0 Å². The number of aromatic hydroxyl groups is 1. The van der Waals surface area contributed by atoms with Gasteiger partial charge in [-0.05, 0) is 133 Å². The summed E-state index contributed by atoms with van der Waals surface area (Å²) in [7, 11) is 0. The number of esters is 1. The maximum Gasteiger partial charge on any atom is 0.331 e. The zero-order valence-electron chi connectivity index (χ0n) is 27.6. The van der Waals surface area contributed by atoms with Gasteiger partial charge in [0.1, 0.15) is 11.9 Å². The molecule has 10 atom stereocenters. The fourth-order valence-electron chi connectivity index (χ4n) is 12.0. The Hall–Kier alpha value is -2.03. The van der Waals surface area contributed by atoms with Crippen LogP contribution >= 0.6 is 0 Å². The number of allylic oxidation sites excluding steroid dienone is 2. The average Bonchev–Trinajstić information content (AvgIpc) is 2.93. The average molecular weight is 573 g/mol. The molecule has 0 saturated heterocycles. The molecule has 0 radical (unpaired) electrons. The molecular formula is C39H56O3. The van der Waals surface area contributed by atoms with Crippen LogP contribution in [0.4, 0.5) is 0 Å². The van der Waals surface area contributed by atoms with E-state index in [1.165, 1.54) is 44.9 Å². The number of benzene rings is 1. The van der Waals surface area contributed by atoms with Gasteiger partial charge in [0.05, 0.1) is 0 Å². The Balaban J connectivity index is 1.25. The van der Waals surface area contributed by atoms with E-state index in [0.717, 1.165) is 36.2 Å². The Kier molecular flexibility index (Phi) is 7.14. The second-order valence-corrected chi connectivity index (χ2v) is 17.0. The Morgan fingerprint density at radius 2 is 1.60 bits per heavy atom. The molecule has 0 aliphatic heterocycles. The molecule has 5 aliphatic rings. The molecule has 4 fully saturated rings. The predicted octanol–water partition coefficient (Wildman–Crippen LogP) is 9.99. The second kappa shape index (κ2) is 10.00. The highest BCUT2D eigenvalue weighted by Gasteiger charge is 2.68. The first-order valence-electron chi connectivity index (χ1n) is 17.0. The first-order chi connectivity index (χ1) is 19.7. The zero-order chi connectivity index (χ0) is 30.3. The van der Waals surface area contributed by atoms with Crippen LogP contribution in [0.1, 0.15) is 119 Å². The van der Waals surface area contributed by atoms with Crippen LogP contribution in [-0.2, 0) is 9.53 Å². The van der Waals surface area contributed by atoms with Gasteiger partial charge in [0, 0.05) is 11.5 Å². The third-order valence-corrected chi connectivity index (χ3v) is 14.9. The van der Waals surface area contributed by atoms with Crippen molar-refractivity contribution in [2.75, 3.05) is 0 Å². The summed E-state index contributed by atoms with van der Waals surface area (Å²) >= 11 is 0. The molecule has 3 heteroatoms. The Morgan fingerprint density at radius 1 is 0.881 bits per heavy atom. The van der Waals surface area contributed by atoms with Gasteiger partial charge < -0.3 is 9.84 Å². The molecule has 3 nitrogen and oxygen atoms in total. The lowest BCUT2D eigenvalue weighted by molar-refractivity contribution is -0.211. The minimum atomic E-state index is -0.260. The fourth-order valence-corrected chi connectivity index (χ4v) is 12.0. The Labute approximate surface area is 255 Å². The summed E-state index contributed by atoms with van der Waals surface area (Å²) in [6.07, 6.45) is 17.4. The number of rotatable bonds is 3. The van der Waals surface area contributed by atoms with Crippen LogP contribution in [0.5, 0.6) is 5.75 Å². The first kappa shape index (κ1) is 30.0. The van der Waals surface area contributed by atoms with Gasteiger partial charge in [0.15, 0.2) is 0 Å². The van der Waals surface area contributed by atoms with Crippen LogP contribution in [0.15, 0.2) is 42.0 Å². The summed E-state index contributed by atoms with van der Waals surface area (Å²) in [5.41, 5.74) is 3.98. The summed E-state index contributed by atoms with van der Waals surface area (Å²) in [5, 5.41) is 9.54.